The van der Waals surface area contributed by atoms with Crippen molar-refractivity contribution in [3.05, 3.63) is 35.4 Å². The van der Waals surface area contributed by atoms with Crippen molar-refractivity contribution in [1.29, 1.82) is 0 Å². The van der Waals surface area contributed by atoms with Gasteiger partial charge in [-0.15, -0.1) is 0 Å². The number of rotatable bonds is 5. The summed E-state index contributed by atoms with van der Waals surface area (Å²) in [4.78, 5) is 0. The second-order valence-corrected chi connectivity index (χ2v) is 6.13. The highest BCUT2D eigenvalue weighted by molar-refractivity contribution is 5.30. The lowest BCUT2D eigenvalue weighted by Crippen LogP contribution is -2.47. The van der Waals surface area contributed by atoms with E-state index in [0.717, 1.165) is 25.3 Å². The summed E-state index contributed by atoms with van der Waals surface area (Å²) >= 11 is 0. The lowest BCUT2D eigenvalue weighted by atomic mass is 9.80. The summed E-state index contributed by atoms with van der Waals surface area (Å²) in [5.41, 5.74) is 2.36. The van der Waals surface area contributed by atoms with Gasteiger partial charge in [-0.1, -0.05) is 24.3 Å². The number of hydrogen-bond donors (Lipinski definition) is 2. The summed E-state index contributed by atoms with van der Waals surface area (Å²) in [6.45, 7) is 2.94. The fraction of sp³-hybridized carbons (Fsp3) is 0.625. The fourth-order valence-corrected chi connectivity index (χ4v) is 2.96. The molecule has 1 aromatic carbocycles. The van der Waals surface area contributed by atoms with E-state index in [1.165, 1.54) is 30.4 Å². The van der Waals surface area contributed by atoms with E-state index < -0.39 is 5.60 Å². The Morgan fingerprint density at radius 2 is 2.06 bits per heavy atom. The van der Waals surface area contributed by atoms with Crippen LogP contribution in [0.15, 0.2) is 24.3 Å². The SMILES string of the molecule is Cc1ccccc1C(NCC1(O)CCC1)C1CC1. The largest absolute Gasteiger partial charge is 0.389 e. The van der Waals surface area contributed by atoms with E-state index in [1.54, 1.807) is 0 Å². The molecule has 0 heterocycles. The maximum Gasteiger partial charge on any atom is 0.0771 e. The van der Waals surface area contributed by atoms with E-state index in [9.17, 15) is 5.11 Å². The lowest BCUT2D eigenvalue weighted by Gasteiger charge is -2.38. The molecule has 0 aliphatic heterocycles. The Bertz CT molecular complexity index is 421. The number of aryl methyl sites for hydroxylation is 1. The molecule has 2 fully saturated rings. The van der Waals surface area contributed by atoms with Gasteiger partial charge in [-0.05, 0) is 56.1 Å². The van der Waals surface area contributed by atoms with E-state index in [-0.39, 0.29) is 0 Å². The molecule has 2 aliphatic carbocycles. The van der Waals surface area contributed by atoms with Crippen LogP contribution in [-0.4, -0.2) is 17.3 Å². The summed E-state index contributed by atoms with van der Waals surface area (Å²) in [5, 5.41) is 13.8. The molecule has 1 unspecified atom stereocenters. The zero-order chi connectivity index (χ0) is 12.6. The van der Waals surface area contributed by atoms with Crippen molar-refractivity contribution in [1.82, 2.24) is 5.32 Å². The molecule has 18 heavy (non-hydrogen) atoms. The van der Waals surface area contributed by atoms with Gasteiger partial charge in [0, 0.05) is 12.6 Å². The molecule has 2 nitrogen and oxygen atoms in total. The normalized spacial score (nSPS) is 23.4. The van der Waals surface area contributed by atoms with Gasteiger partial charge in [-0.25, -0.2) is 0 Å². The van der Waals surface area contributed by atoms with Crippen molar-refractivity contribution >= 4 is 0 Å². The highest BCUT2D eigenvalue weighted by Crippen LogP contribution is 2.42. The molecular formula is C16H23NO. The maximum atomic E-state index is 10.2. The van der Waals surface area contributed by atoms with Crippen molar-refractivity contribution < 1.29 is 5.11 Å². The van der Waals surface area contributed by atoms with Crippen LogP contribution in [0.5, 0.6) is 0 Å². The molecule has 0 aromatic heterocycles. The van der Waals surface area contributed by atoms with Gasteiger partial charge in [0.15, 0.2) is 0 Å². The van der Waals surface area contributed by atoms with Crippen LogP contribution >= 0.6 is 0 Å². The zero-order valence-electron chi connectivity index (χ0n) is 11.2. The Hall–Kier alpha value is -0.860. The van der Waals surface area contributed by atoms with E-state index >= 15 is 0 Å². The maximum absolute atomic E-state index is 10.2. The Kier molecular flexibility index (Phi) is 3.16. The topological polar surface area (TPSA) is 32.3 Å². The quantitative estimate of drug-likeness (QED) is 0.836. The van der Waals surface area contributed by atoms with Gasteiger partial charge in [0.2, 0.25) is 0 Å². The summed E-state index contributed by atoms with van der Waals surface area (Å²) in [6, 6.07) is 9.08. The average molecular weight is 245 g/mol. The predicted octanol–water partition coefficient (Wildman–Crippen LogP) is 2.95. The van der Waals surface area contributed by atoms with Crippen LogP contribution in [0.25, 0.3) is 0 Å². The minimum Gasteiger partial charge on any atom is -0.389 e. The molecule has 1 aromatic rings. The Balaban J connectivity index is 1.70. The van der Waals surface area contributed by atoms with E-state index in [1.807, 2.05) is 0 Å². The fourth-order valence-electron chi connectivity index (χ4n) is 2.96. The van der Waals surface area contributed by atoms with Crippen LogP contribution in [0.4, 0.5) is 0 Å². The molecule has 98 valence electrons. The highest BCUT2D eigenvalue weighted by atomic mass is 16.3. The molecule has 0 saturated heterocycles. The van der Waals surface area contributed by atoms with Crippen LogP contribution < -0.4 is 5.32 Å². The molecule has 0 bridgehead atoms. The first-order chi connectivity index (χ1) is 8.68. The molecule has 2 aliphatic rings. The zero-order valence-corrected chi connectivity index (χ0v) is 11.2. The molecular weight excluding hydrogens is 222 g/mol. The standard InChI is InChI=1S/C16H23NO/c1-12-5-2-3-6-14(12)15(13-7-8-13)17-11-16(18)9-4-10-16/h2-3,5-6,13,15,17-18H,4,7-11H2,1H3. The van der Waals surface area contributed by atoms with Crippen molar-refractivity contribution in [2.24, 2.45) is 5.92 Å². The van der Waals surface area contributed by atoms with Crippen molar-refractivity contribution in [3.63, 3.8) is 0 Å². The number of benzene rings is 1. The first-order valence-corrected chi connectivity index (χ1v) is 7.19. The Morgan fingerprint density at radius 1 is 1.33 bits per heavy atom. The van der Waals surface area contributed by atoms with E-state index in [2.05, 4.69) is 36.5 Å². The predicted molar refractivity (Wildman–Crippen MR) is 73.4 cm³/mol. The van der Waals surface area contributed by atoms with Gasteiger partial charge in [0.05, 0.1) is 5.60 Å². The Morgan fingerprint density at radius 3 is 2.61 bits per heavy atom. The molecule has 0 radical (unpaired) electrons. The number of nitrogens with one attached hydrogen (secondary N) is 1. The molecule has 2 saturated carbocycles. The van der Waals surface area contributed by atoms with Gasteiger partial charge in [0.25, 0.3) is 0 Å². The van der Waals surface area contributed by atoms with Gasteiger partial charge in [0.1, 0.15) is 0 Å². The average Bonchev–Trinajstić information content (AvgIpc) is 3.14. The van der Waals surface area contributed by atoms with Gasteiger partial charge < -0.3 is 10.4 Å². The summed E-state index contributed by atoms with van der Waals surface area (Å²) < 4.78 is 0. The van der Waals surface area contributed by atoms with Crippen molar-refractivity contribution in [2.75, 3.05) is 6.54 Å². The Labute approximate surface area is 109 Å². The van der Waals surface area contributed by atoms with Gasteiger partial charge >= 0.3 is 0 Å². The third-order valence-electron chi connectivity index (χ3n) is 4.55. The van der Waals surface area contributed by atoms with Gasteiger partial charge in [-0.3, -0.25) is 0 Å². The second kappa shape index (κ2) is 4.67. The smallest absolute Gasteiger partial charge is 0.0771 e. The minimum absolute atomic E-state index is 0.421. The number of hydrogen-bond acceptors (Lipinski definition) is 2. The van der Waals surface area contributed by atoms with Crippen LogP contribution in [0.3, 0.4) is 0 Å². The molecule has 1 atom stereocenters. The second-order valence-electron chi connectivity index (χ2n) is 6.13. The lowest BCUT2D eigenvalue weighted by molar-refractivity contribution is -0.0337. The van der Waals surface area contributed by atoms with Gasteiger partial charge in [-0.2, -0.15) is 0 Å². The first-order valence-electron chi connectivity index (χ1n) is 7.19. The highest BCUT2D eigenvalue weighted by Gasteiger charge is 2.38. The molecule has 0 amide bonds. The monoisotopic (exact) mass is 245 g/mol. The summed E-state index contributed by atoms with van der Waals surface area (Å²) in [5.74, 6) is 0.773. The molecule has 2 heteroatoms. The van der Waals surface area contributed by atoms with E-state index in [0.29, 0.717) is 6.04 Å². The molecule has 0 spiro atoms. The third kappa shape index (κ3) is 2.45. The first kappa shape index (κ1) is 12.2. The van der Waals surface area contributed by atoms with E-state index in [4.69, 9.17) is 0 Å². The summed E-state index contributed by atoms with van der Waals surface area (Å²) in [6.07, 6.45) is 5.75. The molecule has 3 rings (SSSR count). The number of aliphatic hydroxyl groups is 1. The van der Waals surface area contributed by atoms with Crippen LogP contribution in [-0.2, 0) is 0 Å². The van der Waals surface area contributed by atoms with Crippen molar-refractivity contribution in [3.8, 4) is 0 Å². The summed E-state index contributed by atoms with van der Waals surface area (Å²) in [7, 11) is 0. The minimum atomic E-state index is -0.421. The van der Waals surface area contributed by atoms with Crippen molar-refractivity contribution in [2.45, 2.75) is 50.7 Å². The van der Waals surface area contributed by atoms with Crippen LogP contribution in [0.2, 0.25) is 0 Å². The van der Waals surface area contributed by atoms with Crippen LogP contribution in [0.1, 0.15) is 49.3 Å². The molecule has 2 N–H and O–H groups in total. The third-order valence-corrected chi connectivity index (χ3v) is 4.55. The van der Waals surface area contributed by atoms with Crippen LogP contribution in [0, 0.1) is 12.8 Å².